The van der Waals surface area contributed by atoms with Gasteiger partial charge in [0.2, 0.25) is 0 Å². The minimum Gasteiger partial charge on any atom is -0.461 e. The maximum atomic E-state index is 11.2. The Kier molecular flexibility index (Phi) is 2.08. The molecule has 0 atom stereocenters. The van der Waals surface area contributed by atoms with Gasteiger partial charge in [0.25, 0.3) is 0 Å². The highest BCUT2D eigenvalue weighted by atomic mass is 16.5. The summed E-state index contributed by atoms with van der Waals surface area (Å²) < 4.78 is 4.87. The zero-order valence-electron chi connectivity index (χ0n) is 7.67. The van der Waals surface area contributed by atoms with Gasteiger partial charge in [0.1, 0.15) is 5.69 Å². The Morgan fingerprint density at radius 3 is 3.00 bits per heavy atom. The first kappa shape index (κ1) is 8.35. The van der Waals surface area contributed by atoms with Crippen molar-refractivity contribution in [1.82, 2.24) is 4.98 Å². The predicted octanol–water partition coefficient (Wildman–Crippen LogP) is 2.07. The predicted molar refractivity (Wildman–Crippen MR) is 48.7 cm³/mol. The molecule has 0 radical (unpaired) electrons. The Labute approximate surface area is 77.1 Å². The molecule has 1 N–H and O–H groups in total. The number of carbonyl (C=O) groups excluding carboxylic acids is 1. The maximum absolute atomic E-state index is 11.2. The quantitative estimate of drug-likeness (QED) is 0.722. The number of esters is 1. The van der Waals surface area contributed by atoms with Crippen molar-refractivity contribution in [3.8, 4) is 0 Å². The largest absolute Gasteiger partial charge is 0.461 e. The van der Waals surface area contributed by atoms with Crippen LogP contribution < -0.4 is 0 Å². The number of aromatic nitrogens is 1. The fraction of sp³-hybridized carbons (Fsp3) is 0.500. The van der Waals surface area contributed by atoms with E-state index in [0.717, 1.165) is 0 Å². The van der Waals surface area contributed by atoms with Gasteiger partial charge in [-0.05, 0) is 37.8 Å². The average Bonchev–Trinajstić information content (AvgIpc) is 2.84. The van der Waals surface area contributed by atoms with Crippen molar-refractivity contribution in [2.45, 2.75) is 25.7 Å². The van der Waals surface area contributed by atoms with Crippen LogP contribution >= 0.6 is 0 Å². The average molecular weight is 179 g/mol. The van der Waals surface area contributed by atoms with E-state index in [1.165, 1.54) is 18.5 Å². The van der Waals surface area contributed by atoms with Gasteiger partial charge in [-0.1, -0.05) is 0 Å². The van der Waals surface area contributed by atoms with E-state index in [4.69, 9.17) is 4.74 Å². The van der Waals surface area contributed by atoms with Gasteiger partial charge in [0.05, 0.1) is 6.61 Å². The normalized spacial score (nSPS) is 15.8. The van der Waals surface area contributed by atoms with E-state index in [9.17, 15) is 4.79 Å². The topological polar surface area (TPSA) is 42.1 Å². The Morgan fingerprint density at radius 2 is 2.38 bits per heavy atom. The standard InChI is InChI=1S/C10H13NO2/c1-2-13-10(12)9-6-5-8(11-9)7-3-4-7/h5-7,11H,2-4H2,1H3. The van der Waals surface area contributed by atoms with Crippen molar-refractivity contribution in [2.24, 2.45) is 0 Å². The second-order valence-electron chi connectivity index (χ2n) is 3.32. The minimum absolute atomic E-state index is 0.255. The molecule has 1 aromatic rings. The summed E-state index contributed by atoms with van der Waals surface area (Å²) in [6.45, 7) is 2.24. The molecule has 0 bridgehead atoms. The van der Waals surface area contributed by atoms with Crippen LogP contribution in [-0.2, 0) is 4.74 Å². The van der Waals surface area contributed by atoms with E-state index < -0.39 is 0 Å². The molecule has 0 amide bonds. The summed E-state index contributed by atoms with van der Waals surface area (Å²) in [4.78, 5) is 14.3. The van der Waals surface area contributed by atoms with Gasteiger partial charge in [0, 0.05) is 5.69 Å². The Hall–Kier alpha value is -1.25. The zero-order chi connectivity index (χ0) is 9.26. The summed E-state index contributed by atoms with van der Waals surface area (Å²) in [5.41, 5.74) is 1.74. The third kappa shape index (κ3) is 1.74. The lowest BCUT2D eigenvalue weighted by Gasteiger charge is -1.97. The van der Waals surface area contributed by atoms with Crippen molar-refractivity contribution in [3.63, 3.8) is 0 Å². The van der Waals surface area contributed by atoms with Crippen LogP contribution in [0.2, 0.25) is 0 Å². The van der Waals surface area contributed by atoms with Crippen LogP contribution in [0.1, 0.15) is 41.9 Å². The fourth-order valence-corrected chi connectivity index (χ4v) is 1.37. The molecule has 70 valence electrons. The van der Waals surface area contributed by atoms with Gasteiger partial charge in [-0.2, -0.15) is 0 Å². The molecule has 0 saturated heterocycles. The number of carbonyl (C=O) groups is 1. The molecule has 1 aliphatic rings. The SMILES string of the molecule is CCOC(=O)c1ccc(C2CC2)[nH]1. The van der Waals surface area contributed by atoms with Crippen LogP contribution in [0.4, 0.5) is 0 Å². The van der Waals surface area contributed by atoms with Crippen LogP contribution in [-0.4, -0.2) is 17.6 Å². The summed E-state index contributed by atoms with van der Waals surface area (Å²) in [5, 5.41) is 0. The molecule has 2 rings (SSSR count). The van der Waals surface area contributed by atoms with Crippen molar-refractivity contribution < 1.29 is 9.53 Å². The minimum atomic E-state index is -0.255. The molecule has 3 heteroatoms. The molecule has 1 fully saturated rings. The summed E-state index contributed by atoms with van der Waals surface area (Å²) in [5.74, 6) is 0.401. The van der Waals surface area contributed by atoms with Gasteiger partial charge < -0.3 is 9.72 Å². The van der Waals surface area contributed by atoms with E-state index in [0.29, 0.717) is 18.2 Å². The number of aromatic amines is 1. The molecule has 1 saturated carbocycles. The molecular weight excluding hydrogens is 166 g/mol. The molecule has 3 nitrogen and oxygen atoms in total. The molecule has 13 heavy (non-hydrogen) atoms. The highest BCUT2D eigenvalue weighted by Crippen LogP contribution is 2.39. The smallest absolute Gasteiger partial charge is 0.354 e. The Balaban J connectivity index is 2.07. The first-order valence-electron chi connectivity index (χ1n) is 4.67. The maximum Gasteiger partial charge on any atom is 0.354 e. The third-order valence-electron chi connectivity index (χ3n) is 2.22. The molecule has 1 heterocycles. The highest BCUT2D eigenvalue weighted by molar-refractivity contribution is 5.87. The first-order valence-corrected chi connectivity index (χ1v) is 4.67. The van der Waals surface area contributed by atoms with E-state index in [-0.39, 0.29) is 5.97 Å². The van der Waals surface area contributed by atoms with E-state index in [2.05, 4.69) is 4.98 Å². The lowest BCUT2D eigenvalue weighted by Crippen LogP contribution is -2.04. The number of hydrogen-bond acceptors (Lipinski definition) is 2. The van der Waals surface area contributed by atoms with Gasteiger partial charge in [-0.25, -0.2) is 4.79 Å². The van der Waals surface area contributed by atoms with Crippen LogP contribution in [0.25, 0.3) is 0 Å². The summed E-state index contributed by atoms with van der Waals surface area (Å²) in [6, 6.07) is 3.77. The monoisotopic (exact) mass is 179 g/mol. The lowest BCUT2D eigenvalue weighted by molar-refractivity contribution is 0.0520. The Bertz CT molecular complexity index is 312. The van der Waals surface area contributed by atoms with Gasteiger partial charge in [-0.3, -0.25) is 0 Å². The van der Waals surface area contributed by atoms with Crippen molar-refractivity contribution in [3.05, 3.63) is 23.5 Å². The van der Waals surface area contributed by atoms with Gasteiger partial charge in [0.15, 0.2) is 0 Å². The number of rotatable bonds is 3. The molecule has 1 aliphatic carbocycles. The second-order valence-corrected chi connectivity index (χ2v) is 3.32. The molecular formula is C10H13NO2. The zero-order valence-corrected chi connectivity index (χ0v) is 7.67. The number of ether oxygens (including phenoxy) is 1. The van der Waals surface area contributed by atoms with Crippen molar-refractivity contribution in [2.75, 3.05) is 6.61 Å². The number of H-pyrrole nitrogens is 1. The summed E-state index contributed by atoms with van der Waals surface area (Å²) in [7, 11) is 0. The van der Waals surface area contributed by atoms with E-state index in [1.807, 2.05) is 13.0 Å². The van der Waals surface area contributed by atoms with Crippen LogP contribution in [0, 0.1) is 0 Å². The molecule has 0 aliphatic heterocycles. The highest BCUT2D eigenvalue weighted by Gasteiger charge is 2.25. The van der Waals surface area contributed by atoms with E-state index in [1.54, 1.807) is 6.07 Å². The second kappa shape index (κ2) is 3.24. The number of nitrogens with one attached hydrogen (secondary N) is 1. The van der Waals surface area contributed by atoms with Crippen molar-refractivity contribution >= 4 is 5.97 Å². The van der Waals surface area contributed by atoms with Gasteiger partial charge >= 0.3 is 5.97 Å². The Morgan fingerprint density at radius 1 is 1.62 bits per heavy atom. The molecule has 0 unspecified atom stereocenters. The first-order chi connectivity index (χ1) is 6.31. The van der Waals surface area contributed by atoms with E-state index >= 15 is 0 Å². The molecule has 0 aromatic carbocycles. The fourth-order valence-electron chi connectivity index (χ4n) is 1.37. The molecule has 1 aromatic heterocycles. The van der Waals surface area contributed by atoms with Crippen LogP contribution in [0.3, 0.4) is 0 Å². The van der Waals surface area contributed by atoms with Crippen LogP contribution in [0.5, 0.6) is 0 Å². The van der Waals surface area contributed by atoms with Crippen LogP contribution in [0.15, 0.2) is 12.1 Å². The van der Waals surface area contributed by atoms with Gasteiger partial charge in [-0.15, -0.1) is 0 Å². The summed E-state index contributed by atoms with van der Waals surface area (Å²) >= 11 is 0. The summed E-state index contributed by atoms with van der Waals surface area (Å²) in [6.07, 6.45) is 2.48. The molecule has 0 spiro atoms. The lowest BCUT2D eigenvalue weighted by atomic mass is 10.3. The number of hydrogen-bond donors (Lipinski definition) is 1. The third-order valence-corrected chi connectivity index (χ3v) is 2.22. The van der Waals surface area contributed by atoms with Crippen molar-refractivity contribution in [1.29, 1.82) is 0 Å².